The third-order valence-corrected chi connectivity index (χ3v) is 3.40. The molecular weight excluding hydrogens is 367 g/mol. The van der Waals surface area contributed by atoms with Crippen molar-refractivity contribution in [3.63, 3.8) is 0 Å². The number of benzene rings is 1. The zero-order chi connectivity index (χ0) is 16.7. The van der Waals surface area contributed by atoms with Crippen LogP contribution >= 0.6 is 15.9 Å². The van der Waals surface area contributed by atoms with Crippen molar-refractivity contribution in [2.75, 3.05) is 0 Å². The summed E-state index contributed by atoms with van der Waals surface area (Å²) >= 11 is 3.07. The van der Waals surface area contributed by atoms with Crippen LogP contribution in [0.15, 0.2) is 28.9 Å². The van der Waals surface area contributed by atoms with Crippen molar-refractivity contribution in [3.05, 3.63) is 28.9 Å². The van der Waals surface area contributed by atoms with Crippen LogP contribution in [0.3, 0.4) is 0 Å². The normalized spacial score (nSPS) is 12.5. The molecule has 0 amide bonds. The second kappa shape index (κ2) is 5.49. The third-order valence-electron chi connectivity index (χ3n) is 2.59. The number of carbonyl (C=O) groups is 1. The molecule has 0 unspecified atom stereocenters. The van der Waals surface area contributed by atoms with Crippen molar-refractivity contribution >= 4 is 32.9 Å². The summed E-state index contributed by atoms with van der Waals surface area (Å²) in [4.78, 5) is 12.1. The maximum absolute atomic E-state index is 12.3. The van der Waals surface area contributed by atoms with E-state index in [1.165, 1.54) is 22.9 Å². The van der Waals surface area contributed by atoms with Gasteiger partial charge in [0.05, 0.1) is 9.99 Å². The molecule has 0 N–H and O–H groups in total. The number of hydrogen-bond acceptors (Lipinski definition) is 3. The Morgan fingerprint density at radius 3 is 2.36 bits per heavy atom. The smallest absolute Gasteiger partial charge is 0.443 e. The van der Waals surface area contributed by atoms with E-state index in [0.717, 1.165) is 6.07 Å². The van der Waals surface area contributed by atoms with Crippen molar-refractivity contribution in [1.82, 2.24) is 4.57 Å². The molecule has 0 aliphatic heterocycles. The minimum atomic E-state index is -4.79. The Hall–Kier alpha value is -1.70. The van der Waals surface area contributed by atoms with Gasteiger partial charge in [0, 0.05) is 11.6 Å². The Bertz CT molecular complexity index is 716. The van der Waals surface area contributed by atoms with Gasteiger partial charge in [-0.3, -0.25) is 4.57 Å². The topological polar surface area (TPSA) is 40.5 Å². The molecule has 0 saturated carbocycles. The molecule has 1 aromatic heterocycles. The zero-order valence-electron chi connectivity index (χ0n) is 12.0. The zero-order valence-corrected chi connectivity index (χ0v) is 13.6. The first kappa shape index (κ1) is 16.7. The Balaban J connectivity index is 2.42. The lowest BCUT2D eigenvalue weighted by Gasteiger charge is -2.20. The number of rotatable bonds is 1. The largest absolute Gasteiger partial charge is 0.573 e. The van der Waals surface area contributed by atoms with E-state index >= 15 is 0 Å². The molecule has 0 aliphatic rings. The van der Waals surface area contributed by atoms with Crippen molar-refractivity contribution in [3.8, 4) is 5.75 Å². The summed E-state index contributed by atoms with van der Waals surface area (Å²) in [5, 5.41) is 0.410. The highest BCUT2D eigenvalue weighted by Gasteiger charge is 2.32. The number of halogens is 4. The number of ether oxygens (including phenoxy) is 2. The van der Waals surface area contributed by atoms with Gasteiger partial charge in [-0.05, 0) is 54.9 Å². The van der Waals surface area contributed by atoms with Gasteiger partial charge in [0.15, 0.2) is 0 Å². The van der Waals surface area contributed by atoms with Crippen LogP contribution in [0, 0.1) is 0 Å². The van der Waals surface area contributed by atoms with E-state index in [1.807, 2.05) is 0 Å². The maximum Gasteiger partial charge on any atom is 0.573 e. The Labute approximate surface area is 132 Å². The summed E-state index contributed by atoms with van der Waals surface area (Å²) < 4.78 is 47.5. The number of carbonyl (C=O) groups excluding carboxylic acids is 1. The lowest BCUT2D eigenvalue weighted by Crippen LogP contribution is -2.26. The summed E-state index contributed by atoms with van der Waals surface area (Å²) in [6.07, 6.45) is -3.97. The summed E-state index contributed by atoms with van der Waals surface area (Å²) in [6, 6.07) is 4.01. The van der Waals surface area contributed by atoms with Gasteiger partial charge in [-0.25, -0.2) is 4.79 Å². The van der Waals surface area contributed by atoms with Crippen LogP contribution in [0.5, 0.6) is 5.75 Å². The van der Waals surface area contributed by atoms with Gasteiger partial charge in [0.2, 0.25) is 0 Å². The van der Waals surface area contributed by atoms with E-state index in [4.69, 9.17) is 4.74 Å². The fourth-order valence-corrected chi connectivity index (χ4v) is 2.38. The van der Waals surface area contributed by atoms with E-state index in [1.54, 1.807) is 20.8 Å². The van der Waals surface area contributed by atoms with E-state index in [9.17, 15) is 18.0 Å². The predicted octanol–water partition coefficient (Wildman–Crippen LogP) is 5.09. The van der Waals surface area contributed by atoms with Crippen LogP contribution in [-0.2, 0) is 4.74 Å². The van der Waals surface area contributed by atoms with Crippen LogP contribution in [0.2, 0.25) is 0 Å². The minimum Gasteiger partial charge on any atom is -0.443 e. The first-order valence-corrected chi connectivity index (χ1v) is 7.06. The highest BCUT2D eigenvalue weighted by molar-refractivity contribution is 9.10. The SMILES string of the molecule is CC(C)(C)OC(=O)n1ccc2c(Br)c(OC(F)(F)F)ccc21. The molecule has 1 heterocycles. The van der Waals surface area contributed by atoms with Crippen molar-refractivity contribution in [2.24, 2.45) is 0 Å². The molecule has 4 nitrogen and oxygen atoms in total. The fourth-order valence-electron chi connectivity index (χ4n) is 1.83. The number of aromatic nitrogens is 1. The van der Waals surface area contributed by atoms with Gasteiger partial charge >= 0.3 is 12.5 Å². The lowest BCUT2D eigenvalue weighted by molar-refractivity contribution is -0.274. The molecule has 0 bridgehead atoms. The monoisotopic (exact) mass is 379 g/mol. The molecule has 2 rings (SSSR count). The first-order valence-electron chi connectivity index (χ1n) is 6.26. The quantitative estimate of drug-likeness (QED) is 0.693. The van der Waals surface area contributed by atoms with Crippen molar-refractivity contribution in [2.45, 2.75) is 32.7 Å². The predicted molar refractivity (Wildman–Crippen MR) is 78.0 cm³/mol. The van der Waals surface area contributed by atoms with E-state index in [0.29, 0.717) is 10.9 Å². The Morgan fingerprint density at radius 1 is 1.18 bits per heavy atom. The molecule has 22 heavy (non-hydrogen) atoms. The molecule has 0 radical (unpaired) electrons. The van der Waals surface area contributed by atoms with E-state index < -0.39 is 18.1 Å². The van der Waals surface area contributed by atoms with Crippen LogP contribution in [0.1, 0.15) is 20.8 Å². The summed E-state index contributed by atoms with van der Waals surface area (Å²) in [6.45, 7) is 5.17. The molecule has 0 atom stereocenters. The van der Waals surface area contributed by atoms with E-state index in [2.05, 4.69) is 20.7 Å². The van der Waals surface area contributed by atoms with Crippen LogP contribution in [0.25, 0.3) is 10.9 Å². The fraction of sp³-hybridized carbons (Fsp3) is 0.357. The van der Waals surface area contributed by atoms with Gasteiger partial charge in [0.25, 0.3) is 0 Å². The van der Waals surface area contributed by atoms with Gasteiger partial charge in [-0.1, -0.05) is 0 Å². The summed E-state index contributed by atoms with van der Waals surface area (Å²) in [7, 11) is 0. The number of nitrogens with zero attached hydrogens (tertiary/aromatic N) is 1. The molecule has 1 aromatic carbocycles. The summed E-state index contributed by atoms with van der Waals surface area (Å²) in [5.41, 5.74) is -0.264. The number of hydrogen-bond donors (Lipinski definition) is 0. The molecule has 0 spiro atoms. The Morgan fingerprint density at radius 2 is 1.82 bits per heavy atom. The highest BCUT2D eigenvalue weighted by atomic mass is 79.9. The molecule has 2 aromatic rings. The molecule has 0 fully saturated rings. The molecule has 0 saturated heterocycles. The molecule has 8 heteroatoms. The van der Waals surface area contributed by atoms with Crippen LogP contribution in [0.4, 0.5) is 18.0 Å². The van der Waals surface area contributed by atoms with Crippen LogP contribution < -0.4 is 4.74 Å². The second-order valence-electron chi connectivity index (χ2n) is 5.52. The Kier molecular flexibility index (Phi) is 4.16. The maximum atomic E-state index is 12.3. The van der Waals surface area contributed by atoms with Crippen molar-refractivity contribution in [1.29, 1.82) is 0 Å². The molecular formula is C14H13BrF3NO3. The van der Waals surface area contributed by atoms with Gasteiger partial charge in [-0.15, -0.1) is 13.2 Å². The van der Waals surface area contributed by atoms with Crippen molar-refractivity contribution < 1.29 is 27.4 Å². The minimum absolute atomic E-state index is 0.115. The van der Waals surface area contributed by atoms with E-state index in [-0.39, 0.29) is 10.2 Å². The third kappa shape index (κ3) is 3.73. The average Bonchev–Trinajstić information content (AvgIpc) is 2.73. The summed E-state index contributed by atoms with van der Waals surface area (Å²) in [5.74, 6) is -0.373. The molecule has 0 aliphatic carbocycles. The van der Waals surface area contributed by atoms with Crippen LogP contribution in [-0.4, -0.2) is 22.6 Å². The highest BCUT2D eigenvalue weighted by Crippen LogP contribution is 2.36. The standard InChI is InChI=1S/C14H13BrF3NO3/c1-13(2,3)22-12(20)19-7-6-8-9(19)4-5-10(11(8)15)21-14(16,17)18/h4-7H,1-3H3. The average molecular weight is 380 g/mol. The van der Waals surface area contributed by atoms with Gasteiger partial charge in [0.1, 0.15) is 11.4 Å². The molecule has 120 valence electrons. The number of fused-ring (bicyclic) bond motifs is 1. The van der Waals surface area contributed by atoms with Gasteiger partial charge < -0.3 is 9.47 Å². The second-order valence-corrected chi connectivity index (χ2v) is 6.32. The van der Waals surface area contributed by atoms with Gasteiger partial charge in [-0.2, -0.15) is 0 Å². The lowest BCUT2D eigenvalue weighted by atomic mass is 10.2. The first-order chi connectivity index (χ1) is 9.98. The number of alkyl halides is 3.